The average Bonchev–Trinajstić information content (AvgIpc) is 2.71. The van der Waals surface area contributed by atoms with Gasteiger partial charge in [0, 0.05) is 21.2 Å². The Morgan fingerprint density at radius 1 is 1.22 bits per heavy atom. The Bertz CT molecular complexity index is 1080. The van der Waals surface area contributed by atoms with E-state index in [1.54, 1.807) is 43.3 Å². The molecule has 0 bridgehead atoms. The molecule has 2 heterocycles. The smallest absolute Gasteiger partial charge is 0.408 e. The van der Waals surface area contributed by atoms with Crippen molar-refractivity contribution in [3.63, 3.8) is 0 Å². The van der Waals surface area contributed by atoms with Gasteiger partial charge in [0.05, 0.1) is 6.04 Å². The highest BCUT2D eigenvalue weighted by Crippen LogP contribution is 2.47. The molecule has 2 aliphatic heterocycles. The molecule has 0 radical (unpaired) electrons. The van der Waals surface area contributed by atoms with Gasteiger partial charge >= 0.3 is 6.18 Å². The number of benzene rings is 2. The minimum absolute atomic E-state index is 0.245. The summed E-state index contributed by atoms with van der Waals surface area (Å²) in [4.78, 5) is 25.8. The fourth-order valence-corrected chi connectivity index (χ4v) is 4.74. The molecule has 0 saturated carbocycles. The summed E-state index contributed by atoms with van der Waals surface area (Å²) in [6, 6.07) is 7.17. The van der Waals surface area contributed by atoms with Crippen molar-refractivity contribution >= 4 is 35.0 Å². The largest absolute Gasteiger partial charge is 0.456 e. The van der Waals surface area contributed by atoms with E-state index in [0.717, 1.165) is 0 Å². The summed E-state index contributed by atoms with van der Waals surface area (Å²) >= 11 is 12.5. The molecule has 0 aliphatic carbocycles. The molecule has 32 heavy (non-hydrogen) atoms. The topological polar surface area (TPSA) is 67.4 Å². The number of halogens is 5. The Hall–Kier alpha value is -2.45. The summed E-state index contributed by atoms with van der Waals surface area (Å²) in [5.74, 6) is -2.81. The maximum absolute atomic E-state index is 13.2. The van der Waals surface area contributed by atoms with E-state index in [-0.39, 0.29) is 12.8 Å². The van der Waals surface area contributed by atoms with Crippen LogP contribution < -0.4 is 15.4 Å². The summed E-state index contributed by atoms with van der Waals surface area (Å²) in [6.45, 7) is 1.66. The Labute approximate surface area is 192 Å². The van der Waals surface area contributed by atoms with Crippen molar-refractivity contribution in [1.29, 1.82) is 0 Å². The third kappa shape index (κ3) is 4.13. The zero-order chi connectivity index (χ0) is 23.2. The lowest BCUT2D eigenvalue weighted by Crippen LogP contribution is -2.58. The van der Waals surface area contributed by atoms with Gasteiger partial charge in [-0.2, -0.15) is 13.2 Å². The molecule has 2 aromatic carbocycles. The first-order chi connectivity index (χ1) is 15.1. The normalized spacial score (nSPS) is 24.6. The summed E-state index contributed by atoms with van der Waals surface area (Å²) < 4.78 is 45.4. The van der Waals surface area contributed by atoms with Gasteiger partial charge < -0.3 is 15.4 Å². The van der Waals surface area contributed by atoms with E-state index in [4.69, 9.17) is 27.9 Å². The highest BCUT2D eigenvalue weighted by atomic mass is 35.5. The van der Waals surface area contributed by atoms with Gasteiger partial charge in [0.15, 0.2) is 0 Å². The van der Waals surface area contributed by atoms with Gasteiger partial charge in [-0.1, -0.05) is 48.7 Å². The lowest BCUT2D eigenvalue weighted by atomic mass is 9.79. The fourth-order valence-electron chi connectivity index (χ4n) is 4.30. The van der Waals surface area contributed by atoms with E-state index in [2.05, 4.69) is 5.32 Å². The van der Waals surface area contributed by atoms with Crippen molar-refractivity contribution in [2.45, 2.75) is 38.0 Å². The number of fused-ring (bicyclic) bond motifs is 2. The quantitative estimate of drug-likeness (QED) is 0.570. The second-order valence-electron chi connectivity index (χ2n) is 7.86. The highest BCUT2D eigenvalue weighted by molar-refractivity contribution is 6.32. The van der Waals surface area contributed by atoms with Gasteiger partial charge in [0.25, 0.3) is 0 Å². The molecule has 4 unspecified atom stereocenters. The van der Waals surface area contributed by atoms with Crippen LogP contribution >= 0.6 is 23.2 Å². The van der Waals surface area contributed by atoms with Gasteiger partial charge in [-0.3, -0.25) is 9.59 Å². The van der Waals surface area contributed by atoms with Crippen LogP contribution in [0.4, 0.5) is 13.2 Å². The number of nitrogens with one attached hydrogen (secondary N) is 2. The van der Waals surface area contributed by atoms with Crippen molar-refractivity contribution < 1.29 is 27.5 Å². The monoisotopic (exact) mass is 486 g/mol. The lowest BCUT2D eigenvalue weighted by Gasteiger charge is -2.37. The van der Waals surface area contributed by atoms with Gasteiger partial charge in [0.1, 0.15) is 23.5 Å². The molecule has 10 heteroatoms. The first-order valence-corrected chi connectivity index (χ1v) is 10.8. The highest BCUT2D eigenvalue weighted by Gasteiger charge is 2.50. The van der Waals surface area contributed by atoms with Crippen LogP contribution in [0.5, 0.6) is 11.5 Å². The number of hydrogen-bond acceptors (Lipinski definition) is 3. The molecule has 2 amide bonds. The Morgan fingerprint density at radius 3 is 2.66 bits per heavy atom. The summed E-state index contributed by atoms with van der Waals surface area (Å²) in [5.41, 5.74) is 1.07. The predicted octanol–water partition coefficient (Wildman–Crippen LogP) is 5.40. The number of carbonyl (C=O) groups excluding carboxylic acids is 2. The van der Waals surface area contributed by atoms with Gasteiger partial charge in [0.2, 0.25) is 11.8 Å². The zero-order valence-electron chi connectivity index (χ0n) is 16.8. The number of piperidine rings is 1. The maximum atomic E-state index is 13.2. The number of rotatable bonds is 3. The number of ether oxygens (including phenoxy) is 1. The standard InChI is InChI=1S/C22H19Cl2F3N2O3/c1-2-10-8-16(22(25,26)27)28-20(30)17(10)21(31)29-19-12-7-6-11(23)9-15(12)32-14-5-3-4-13(24)18(14)19/h3-7,9-10,16-17,19H,2,8H2,1H3,(H,28,30)(H,29,31). The lowest BCUT2D eigenvalue weighted by molar-refractivity contribution is -0.176. The fraction of sp³-hybridized carbons (Fsp3) is 0.364. The molecule has 0 spiro atoms. The molecular weight excluding hydrogens is 468 g/mol. The molecule has 4 atom stereocenters. The van der Waals surface area contributed by atoms with Crippen molar-refractivity contribution in [3.05, 3.63) is 57.6 Å². The molecule has 2 N–H and O–H groups in total. The predicted molar refractivity (Wildman–Crippen MR) is 113 cm³/mol. The van der Waals surface area contributed by atoms with Crippen molar-refractivity contribution in [3.8, 4) is 11.5 Å². The third-order valence-electron chi connectivity index (χ3n) is 5.91. The minimum atomic E-state index is -4.57. The van der Waals surface area contributed by atoms with Crippen molar-refractivity contribution in [1.82, 2.24) is 10.6 Å². The summed E-state index contributed by atoms with van der Waals surface area (Å²) in [5, 5.41) is 5.54. The second kappa shape index (κ2) is 8.48. The molecule has 5 nitrogen and oxygen atoms in total. The van der Waals surface area contributed by atoms with E-state index >= 15 is 0 Å². The van der Waals surface area contributed by atoms with Crippen LogP contribution in [0.1, 0.15) is 36.9 Å². The van der Waals surface area contributed by atoms with Crippen LogP contribution in [-0.2, 0) is 9.59 Å². The van der Waals surface area contributed by atoms with Gasteiger partial charge in [-0.05, 0) is 36.6 Å². The zero-order valence-corrected chi connectivity index (χ0v) is 18.3. The van der Waals surface area contributed by atoms with E-state index in [1.807, 2.05) is 5.32 Å². The molecule has 1 saturated heterocycles. The molecule has 170 valence electrons. The molecule has 4 rings (SSSR count). The molecule has 1 fully saturated rings. The van der Waals surface area contributed by atoms with Crippen molar-refractivity contribution in [2.24, 2.45) is 11.8 Å². The van der Waals surface area contributed by atoms with Crippen LogP contribution in [-0.4, -0.2) is 24.0 Å². The number of carbonyl (C=O) groups is 2. The van der Waals surface area contributed by atoms with Crippen LogP contribution in [0, 0.1) is 11.8 Å². The molecule has 2 aromatic rings. The van der Waals surface area contributed by atoms with E-state index in [1.165, 1.54) is 0 Å². The first-order valence-electron chi connectivity index (χ1n) is 10.0. The minimum Gasteiger partial charge on any atom is -0.456 e. The van der Waals surface area contributed by atoms with Crippen LogP contribution in [0.2, 0.25) is 10.0 Å². The Morgan fingerprint density at radius 2 is 1.97 bits per heavy atom. The van der Waals surface area contributed by atoms with E-state index in [0.29, 0.717) is 32.7 Å². The number of hydrogen-bond donors (Lipinski definition) is 2. The molecule has 0 aromatic heterocycles. The van der Waals surface area contributed by atoms with E-state index in [9.17, 15) is 22.8 Å². The number of amides is 2. The second-order valence-corrected chi connectivity index (χ2v) is 8.71. The third-order valence-corrected chi connectivity index (χ3v) is 6.47. The average molecular weight is 487 g/mol. The SMILES string of the molecule is CCC1CC(C(F)(F)F)NC(=O)C1C(=O)NC1c2ccc(Cl)cc2Oc2cccc(Cl)c21. The summed E-state index contributed by atoms with van der Waals surface area (Å²) in [7, 11) is 0. The van der Waals surface area contributed by atoms with Gasteiger partial charge in [-0.25, -0.2) is 0 Å². The van der Waals surface area contributed by atoms with Crippen LogP contribution in [0.3, 0.4) is 0 Å². The Balaban J connectivity index is 1.67. The van der Waals surface area contributed by atoms with Gasteiger partial charge in [-0.15, -0.1) is 0 Å². The van der Waals surface area contributed by atoms with E-state index < -0.39 is 41.9 Å². The molecular formula is C22H19Cl2F3N2O3. The van der Waals surface area contributed by atoms with Crippen LogP contribution in [0.15, 0.2) is 36.4 Å². The van der Waals surface area contributed by atoms with Crippen molar-refractivity contribution in [2.75, 3.05) is 0 Å². The Kier molecular flexibility index (Phi) is 6.02. The maximum Gasteiger partial charge on any atom is 0.408 e. The first kappa shape index (κ1) is 22.7. The summed E-state index contributed by atoms with van der Waals surface area (Å²) in [6.07, 6.45) is -4.69. The molecule has 2 aliphatic rings. The number of alkyl halides is 3. The van der Waals surface area contributed by atoms with Crippen LogP contribution in [0.25, 0.3) is 0 Å².